The Kier molecular flexibility index (Phi) is 4.30. The maximum atomic E-state index is 13.2. The number of carbonyl (C=O) groups is 2. The Hall–Kier alpha value is -1.91. The molecule has 1 aromatic carbocycles. The van der Waals surface area contributed by atoms with Gasteiger partial charge in [-0.15, -0.1) is 0 Å². The number of carboxylic acids is 1. The Morgan fingerprint density at radius 3 is 2.67 bits per heavy atom. The summed E-state index contributed by atoms with van der Waals surface area (Å²) in [5.41, 5.74) is -0.466. The summed E-state index contributed by atoms with van der Waals surface area (Å²) in [6.07, 6.45) is 1.78. The van der Waals surface area contributed by atoms with Crippen LogP contribution in [0.3, 0.4) is 0 Å². The van der Waals surface area contributed by atoms with Crippen molar-refractivity contribution in [2.45, 2.75) is 44.6 Å². The van der Waals surface area contributed by atoms with Gasteiger partial charge in [-0.05, 0) is 49.3 Å². The van der Waals surface area contributed by atoms with Crippen LogP contribution in [-0.4, -0.2) is 22.5 Å². The summed E-state index contributed by atoms with van der Waals surface area (Å²) in [6, 6.07) is 6.11. The first-order chi connectivity index (χ1) is 9.83. The minimum Gasteiger partial charge on any atom is -0.480 e. The fraction of sp³-hybridized carbons (Fsp3) is 0.500. The number of amides is 1. The van der Waals surface area contributed by atoms with Crippen molar-refractivity contribution in [2.24, 2.45) is 5.92 Å². The van der Waals surface area contributed by atoms with Crippen LogP contribution in [0.4, 0.5) is 4.39 Å². The van der Waals surface area contributed by atoms with Crippen molar-refractivity contribution in [1.82, 2.24) is 5.32 Å². The highest BCUT2D eigenvalue weighted by Crippen LogP contribution is 2.39. The van der Waals surface area contributed by atoms with E-state index in [1.165, 1.54) is 12.1 Å². The standard InChI is InChI=1S/C16H20FNO3/c1-10(11-4-3-5-13(17)9-11)8-14(19)18-16(2,15(20)21)12-6-7-12/h3-5,9-10,12H,6-8H2,1-2H3,(H,18,19)(H,20,21)/t10-,16+/m0/s1. The molecule has 1 saturated carbocycles. The molecule has 0 spiro atoms. The Morgan fingerprint density at radius 2 is 2.14 bits per heavy atom. The molecule has 114 valence electrons. The summed E-state index contributed by atoms with van der Waals surface area (Å²) in [5, 5.41) is 12.0. The SMILES string of the molecule is C[C@@H](CC(=O)N[C@@](C)(C(=O)O)C1CC1)c1cccc(F)c1. The average molecular weight is 293 g/mol. The molecule has 0 unspecified atom stereocenters. The van der Waals surface area contributed by atoms with Crippen LogP contribution in [0, 0.1) is 11.7 Å². The molecule has 1 fully saturated rings. The second-order valence-corrected chi connectivity index (χ2v) is 5.99. The highest BCUT2D eigenvalue weighted by molar-refractivity contribution is 5.87. The largest absolute Gasteiger partial charge is 0.480 e. The summed E-state index contributed by atoms with van der Waals surface area (Å²) in [6.45, 7) is 3.38. The Morgan fingerprint density at radius 1 is 1.48 bits per heavy atom. The van der Waals surface area contributed by atoms with Gasteiger partial charge < -0.3 is 10.4 Å². The Balaban J connectivity index is 1.99. The lowest BCUT2D eigenvalue weighted by atomic mass is 9.93. The number of halogens is 1. The van der Waals surface area contributed by atoms with Gasteiger partial charge in [-0.1, -0.05) is 19.1 Å². The van der Waals surface area contributed by atoms with Crippen molar-refractivity contribution >= 4 is 11.9 Å². The molecule has 0 bridgehead atoms. The quantitative estimate of drug-likeness (QED) is 0.847. The van der Waals surface area contributed by atoms with E-state index in [-0.39, 0.29) is 30.0 Å². The fourth-order valence-corrected chi connectivity index (χ4v) is 2.54. The maximum absolute atomic E-state index is 13.2. The first kappa shape index (κ1) is 15.5. The number of rotatable bonds is 6. The van der Waals surface area contributed by atoms with E-state index in [4.69, 9.17) is 0 Å². The summed E-state index contributed by atoms with van der Waals surface area (Å²) < 4.78 is 13.2. The topological polar surface area (TPSA) is 66.4 Å². The summed E-state index contributed by atoms with van der Waals surface area (Å²) in [7, 11) is 0. The molecular weight excluding hydrogens is 273 g/mol. The molecule has 2 N–H and O–H groups in total. The van der Waals surface area contributed by atoms with Gasteiger partial charge in [0.2, 0.25) is 5.91 Å². The van der Waals surface area contributed by atoms with Crippen molar-refractivity contribution in [3.8, 4) is 0 Å². The van der Waals surface area contributed by atoms with Gasteiger partial charge in [0, 0.05) is 6.42 Å². The number of hydrogen-bond acceptors (Lipinski definition) is 2. The van der Waals surface area contributed by atoms with Crippen LogP contribution in [-0.2, 0) is 9.59 Å². The van der Waals surface area contributed by atoms with Crippen molar-refractivity contribution < 1.29 is 19.1 Å². The van der Waals surface area contributed by atoms with Crippen LogP contribution < -0.4 is 5.32 Å². The number of nitrogens with one attached hydrogen (secondary N) is 1. The number of aliphatic carboxylic acids is 1. The zero-order valence-electron chi connectivity index (χ0n) is 12.2. The third-order valence-corrected chi connectivity index (χ3v) is 4.15. The molecule has 0 aromatic heterocycles. The molecule has 1 amide bonds. The molecule has 1 aliphatic carbocycles. The van der Waals surface area contributed by atoms with Crippen LogP contribution >= 0.6 is 0 Å². The highest BCUT2D eigenvalue weighted by Gasteiger charge is 2.48. The molecule has 1 aliphatic rings. The summed E-state index contributed by atoms with van der Waals surface area (Å²) in [4.78, 5) is 23.5. The van der Waals surface area contributed by atoms with Crippen LogP contribution in [0.15, 0.2) is 24.3 Å². The first-order valence-electron chi connectivity index (χ1n) is 7.13. The molecular formula is C16H20FNO3. The molecule has 0 radical (unpaired) electrons. The van der Waals surface area contributed by atoms with Crippen molar-refractivity contribution in [3.05, 3.63) is 35.6 Å². The van der Waals surface area contributed by atoms with Gasteiger partial charge >= 0.3 is 5.97 Å². The third kappa shape index (κ3) is 3.60. The second-order valence-electron chi connectivity index (χ2n) is 5.99. The number of hydrogen-bond donors (Lipinski definition) is 2. The molecule has 4 nitrogen and oxygen atoms in total. The van der Waals surface area contributed by atoms with Gasteiger partial charge in [-0.25, -0.2) is 9.18 Å². The number of carbonyl (C=O) groups excluding carboxylic acids is 1. The number of carboxylic acid groups (broad SMARTS) is 1. The zero-order chi connectivity index (χ0) is 15.6. The molecule has 21 heavy (non-hydrogen) atoms. The number of benzene rings is 1. The van der Waals surface area contributed by atoms with E-state index in [2.05, 4.69) is 5.32 Å². The lowest BCUT2D eigenvalue weighted by Gasteiger charge is -2.27. The lowest BCUT2D eigenvalue weighted by Crippen LogP contribution is -2.54. The predicted octanol–water partition coefficient (Wildman–Crippen LogP) is 2.69. The van der Waals surface area contributed by atoms with E-state index < -0.39 is 11.5 Å². The van der Waals surface area contributed by atoms with Crippen LogP contribution in [0.25, 0.3) is 0 Å². The summed E-state index contributed by atoms with van der Waals surface area (Å²) >= 11 is 0. The monoisotopic (exact) mass is 293 g/mol. The van der Waals surface area contributed by atoms with Gasteiger partial charge in [0.15, 0.2) is 0 Å². The van der Waals surface area contributed by atoms with E-state index in [9.17, 15) is 19.1 Å². The van der Waals surface area contributed by atoms with Crippen molar-refractivity contribution in [2.75, 3.05) is 0 Å². The minimum atomic E-state index is -1.20. The Labute approximate surface area is 123 Å². The fourth-order valence-electron chi connectivity index (χ4n) is 2.54. The minimum absolute atomic E-state index is 0.00317. The van der Waals surface area contributed by atoms with Gasteiger partial charge in [-0.3, -0.25) is 4.79 Å². The van der Waals surface area contributed by atoms with E-state index >= 15 is 0 Å². The van der Waals surface area contributed by atoms with Gasteiger partial charge in [0.05, 0.1) is 0 Å². The summed E-state index contributed by atoms with van der Waals surface area (Å²) in [5.74, 6) is -1.82. The molecule has 0 heterocycles. The third-order valence-electron chi connectivity index (χ3n) is 4.15. The zero-order valence-corrected chi connectivity index (χ0v) is 12.2. The van der Waals surface area contributed by atoms with E-state index in [0.717, 1.165) is 18.4 Å². The molecule has 2 atom stereocenters. The molecule has 5 heteroatoms. The van der Waals surface area contributed by atoms with Crippen LogP contribution in [0.5, 0.6) is 0 Å². The molecule has 2 rings (SSSR count). The smallest absolute Gasteiger partial charge is 0.329 e. The first-order valence-corrected chi connectivity index (χ1v) is 7.13. The normalized spacial score (nSPS) is 18.6. The molecule has 1 aromatic rings. The van der Waals surface area contributed by atoms with Crippen molar-refractivity contribution in [1.29, 1.82) is 0 Å². The van der Waals surface area contributed by atoms with Crippen molar-refractivity contribution in [3.63, 3.8) is 0 Å². The van der Waals surface area contributed by atoms with Gasteiger partial charge in [0.25, 0.3) is 0 Å². The predicted molar refractivity (Wildman–Crippen MR) is 76.3 cm³/mol. The second kappa shape index (κ2) is 5.84. The Bertz CT molecular complexity index is 556. The lowest BCUT2D eigenvalue weighted by molar-refractivity contribution is -0.148. The van der Waals surface area contributed by atoms with E-state index in [1.54, 1.807) is 19.1 Å². The van der Waals surface area contributed by atoms with E-state index in [0.29, 0.717) is 0 Å². The maximum Gasteiger partial charge on any atom is 0.329 e. The van der Waals surface area contributed by atoms with Crippen LogP contribution in [0.1, 0.15) is 44.6 Å². The van der Waals surface area contributed by atoms with E-state index in [1.807, 2.05) is 6.92 Å². The van der Waals surface area contributed by atoms with Crippen LogP contribution in [0.2, 0.25) is 0 Å². The van der Waals surface area contributed by atoms with Gasteiger partial charge in [0.1, 0.15) is 11.4 Å². The van der Waals surface area contributed by atoms with Gasteiger partial charge in [-0.2, -0.15) is 0 Å². The average Bonchev–Trinajstić information content (AvgIpc) is 3.22. The molecule has 0 aliphatic heterocycles. The highest BCUT2D eigenvalue weighted by atomic mass is 19.1. The molecule has 0 saturated heterocycles.